The molecule has 0 unspecified atom stereocenters. The van der Waals surface area contributed by atoms with Gasteiger partial charge in [-0.2, -0.15) is 5.10 Å². The minimum Gasteiger partial charge on any atom is -0.371 e. The third-order valence-electron chi connectivity index (χ3n) is 3.96. The third kappa shape index (κ3) is 6.06. The Labute approximate surface area is 157 Å². The van der Waals surface area contributed by atoms with Crippen LogP contribution in [0.3, 0.4) is 0 Å². The molecular weight excluding hydrogens is 322 g/mol. The summed E-state index contributed by atoms with van der Waals surface area (Å²) in [6.07, 6.45) is 4.06. The summed E-state index contributed by atoms with van der Waals surface area (Å²) in [5, 5.41) is 7.68. The molecule has 0 amide bonds. The van der Waals surface area contributed by atoms with Crippen LogP contribution in [-0.4, -0.2) is 30.8 Å². The predicted octanol–water partition coefficient (Wildman–Crippen LogP) is 4.89. The van der Waals surface area contributed by atoms with Crippen LogP contribution in [-0.2, 0) is 0 Å². The van der Waals surface area contributed by atoms with Crippen molar-refractivity contribution in [1.82, 2.24) is 4.98 Å². The van der Waals surface area contributed by atoms with Gasteiger partial charge >= 0.3 is 0 Å². The molecule has 0 fully saturated rings. The van der Waals surface area contributed by atoms with E-state index in [1.54, 1.807) is 0 Å². The van der Waals surface area contributed by atoms with Gasteiger partial charge < -0.3 is 10.2 Å². The molecule has 26 heavy (non-hydrogen) atoms. The number of hydrazone groups is 1. The van der Waals surface area contributed by atoms with Crippen molar-refractivity contribution < 1.29 is 0 Å². The highest BCUT2D eigenvalue weighted by atomic mass is 15.3. The van der Waals surface area contributed by atoms with Gasteiger partial charge in [-0.15, -0.1) is 0 Å². The van der Waals surface area contributed by atoms with Gasteiger partial charge in [0.05, 0.1) is 6.21 Å². The number of rotatable bonds is 10. The monoisotopic (exact) mass is 353 g/mol. The third-order valence-corrected chi connectivity index (χ3v) is 3.96. The predicted molar refractivity (Wildman–Crippen MR) is 114 cm³/mol. The van der Waals surface area contributed by atoms with Crippen molar-refractivity contribution in [3.05, 3.63) is 47.5 Å². The fourth-order valence-electron chi connectivity index (χ4n) is 2.86. The van der Waals surface area contributed by atoms with Crippen LogP contribution in [0.5, 0.6) is 0 Å². The Balaban J connectivity index is 2.20. The van der Waals surface area contributed by atoms with Crippen LogP contribution >= 0.6 is 0 Å². The number of pyridine rings is 1. The maximum absolute atomic E-state index is 4.61. The maximum Gasteiger partial charge on any atom is 0.150 e. The summed E-state index contributed by atoms with van der Waals surface area (Å²) in [5.41, 5.74) is 6.55. The van der Waals surface area contributed by atoms with E-state index in [4.69, 9.17) is 0 Å². The first-order chi connectivity index (χ1) is 12.7. The summed E-state index contributed by atoms with van der Waals surface area (Å²) in [7, 11) is 0. The zero-order valence-corrected chi connectivity index (χ0v) is 16.4. The van der Waals surface area contributed by atoms with Crippen molar-refractivity contribution in [3.63, 3.8) is 0 Å². The molecule has 0 saturated carbocycles. The second-order valence-corrected chi connectivity index (χ2v) is 6.40. The van der Waals surface area contributed by atoms with E-state index in [0.717, 1.165) is 49.7 Å². The van der Waals surface area contributed by atoms with E-state index in [2.05, 4.69) is 77.7 Å². The topological polar surface area (TPSA) is 52.5 Å². The van der Waals surface area contributed by atoms with Crippen molar-refractivity contribution in [2.45, 2.75) is 40.5 Å². The molecule has 0 bridgehead atoms. The number of benzene rings is 1. The molecule has 5 heteroatoms. The molecule has 140 valence electrons. The van der Waals surface area contributed by atoms with E-state index in [1.165, 1.54) is 11.3 Å². The first-order valence-corrected chi connectivity index (χ1v) is 9.52. The van der Waals surface area contributed by atoms with Crippen LogP contribution in [0.4, 0.5) is 17.3 Å². The molecule has 1 heterocycles. The van der Waals surface area contributed by atoms with Crippen LogP contribution in [0.1, 0.15) is 44.7 Å². The van der Waals surface area contributed by atoms with Crippen molar-refractivity contribution in [1.29, 1.82) is 0 Å². The Kier molecular flexibility index (Phi) is 7.93. The maximum atomic E-state index is 4.61. The first-order valence-electron chi connectivity index (χ1n) is 9.52. The summed E-state index contributed by atoms with van der Waals surface area (Å²) in [6, 6.07) is 12.4. The molecule has 0 aliphatic heterocycles. The second-order valence-electron chi connectivity index (χ2n) is 6.40. The van der Waals surface area contributed by atoms with Crippen LogP contribution in [0.15, 0.2) is 41.5 Å². The van der Waals surface area contributed by atoms with Crippen molar-refractivity contribution in [2.75, 3.05) is 35.3 Å². The van der Waals surface area contributed by atoms with Crippen molar-refractivity contribution in [2.24, 2.45) is 5.10 Å². The summed E-state index contributed by atoms with van der Waals surface area (Å²) < 4.78 is 0. The van der Waals surface area contributed by atoms with Gasteiger partial charge in [0.15, 0.2) is 5.82 Å². The number of nitrogens with zero attached hydrogens (tertiary/aromatic N) is 3. The average molecular weight is 354 g/mol. The first kappa shape index (κ1) is 19.8. The standard InChI is InChI=1S/C21H31N5/c1-5-11-26(12-6-2)19-14-20(22-7-3)24-21(15-19)25-23-16-18-10-8-9-17(4)13-18/h8-10,13-16H,5-7,11-12H2,1-4H3,(H2,22,24,25)/b23-16+. The fraction of sp³-hybridized carbons (Fsp3) is 0.429. The van der Waals surface area contributed by atoms with E-state index in [-0.39, 0.29) is 0 Å². The summed E-state index contributed by atoms with van der Waals surface area (Å²) in [6.45, 7) is 11.5. The number of nitrogens with one attached hydrogen (secondary N) is 2. The smallest absolute Gasteiger partial charge is 0.150 e. The molecule has 1 aromatic carbocycles. The molecule has 5 nitrogen and oxygen atoms in total. The molecule has 2 rings (SSSR count). The van der Waals surface area contributed by atoms with Gasteiger partial charge in [-0.05, 0) is 32.3 Å². The SMILES string of the molecule is CCCN(CCC)c1cc(NCC)nc(N/N=C/c2cccc(C)c2)c1. The van der Waals surface area contributed by atoms with Crippen molar-refractivity contribution in [3.8, 4) is 0 Å². The number of aromatic nitrogens is 1. The second kappa shape index (κ2) is 10.4. The Morgan fingerprint density at radius 1 is 1.04 bits per heavy atom. The van der Waals surface area contributed by atoms with Gasteiger partial charge in [0.2, 0.25) is 0 Å². The number of aryl methyl sites for hydroxylation is 1. The Morgan fingerprint density at radius 3 is 2.42 bits per heavy atom. The minimum absolute atomic E-state index is 0.750. The molecule has 1 aromatic heterocycles. The van der Waals surface area contributed by atoms with Crippen LogP contribution < -0.4 is 15.6 Å². The van der Waals surface area contributed by atoms with E-state index in [0.29, 0.717) is 0 Å². The highest BCUT2D eigenvalue weighted by Gasteiger charge is 2.09. The minimum atomic E-state index is 0.750. The number of hydrogen-bond acceptors (Lipinski definition) is 5. The molecule has 0 atom stereocenters. The molecule has 0 saturated heterocycles. The molecule has 0 aliphatic rings. The zero-order valence-electron chi connectivity index (χ0n) is 16.4. The molecular formula is C21H31N5. The Morgan fingerprint density at radius 2 is 1.77 bits per heavy atom. The van der Waals surface area contributed by atoms with Gasteiger partial charge in [-0.3, -0.25) is 5.43 Å². The van der Waals surface area contributed by atoms with E-state index < -0.39 is 0 Å². The van der Waals surface area contributed by atoms with E-state index in [1.807, 2.05) is 18.3 Å². The largest absolute Gasteiger partial charge is 0.371 e. The fourth-order valence-corrected chi connectivity index (χ4v) is 2.86. The van der Waals surface area contributed by atoms with Crippen LogP contribution in [0, 0.1) is 6.92 Å². The number of anilines is 3. The van der Waals surface area contributed by atoms with E-state index in [9.17, 15) is 0 Å². The molecule has 2 aromatic rings. The summed E-state index contributed by atoms with van der Waals surface area (Å²) in [4.78, 5) is 7.01. The normalized spacial score (nSPS) is 10.9. The van der Waals surface area contributed by atoms with Crippen LogP contribution in [0.25, 0.3) is 0 Å². The summed E-state index contributed by atoms with van der Waals surface area (Å²) in [5.74, 6) is 1.62. The lowest BCUT2D eigenvalue weighted by Gasteiger charge is -2.24. The Bertz CT molecular complexity index is 705. The van der Waals surface area contributed by atoms with Crippen LogP contribution in [0.2, 0.25) is 0 Å². The zero-order chi connectivity index (χ0) is 18.8. The average Bonchev–Trinajstić information content (AvgIpc) is 2.62. The highest BCUT2D eigenvalue weighted by molar-refractivity contribution is 5.80. The lowest BCUT2D eigenvalue weighted by molar-refractivity contribution is 0.744. The molecule has 2 N–H and O–H groups in total. The molecule has 0 spiro atoms. The molecule has 0 radical (unpaired) electrons. The highest BCUT2D eigenvalue weighted by Crippen LogP contribution is 2.23. The van der Waals surface area contributed by atoms with Gasteiger partial charge in [-0.25, -0.2) is 4.98 Å². The quantitative estimate of drug-likeness (QED) is 0.471. The van der Waals surface area contributed by atoms with Gasteiger partial charge in [0, 0.05) is 37.5 Å². The van der Waals surface area contributed by atoms with Gasteiger partial charge in [0.25, 0.3) is 0 Å². The lowest BCUT2D eigenvalue weighted by Crippen LogP contribution is -2.25. The summed E-state index contributed by atoms with van der Waals surface area (Å²) >= 11 is 0. The van der Waals surface area contributed by atoms with Crippen molar-refractivity contribution >= 4 is 23.5 Å². The van der Waals surface area contributed by atoms with Gasteiger partial charge in [0.1, 0.15) is 5.82 Å². The number of hydrogen-bond donors (Lipinski definition) is 2. The van der Waals surface area contributed by atoms with E-state index >= 15 is 0 Å². The van der Waals surface area contributed by atoms with Gasteiger partial charge in [-0.1, -0.05) is 43.7 Å². The molecule has 0 aliphatic carbocycles. The lowest BCUT2D eigenvalue weighted by atomic mass is 10.2. The Hall–Kier alpha value is -2.56.